The van der Waals surface area contributed by atoms with Crippen LogP contribution in [0.15, 0.2) is 134 Å². The largest absolute Gasteiger partial charge is 0.452 e. The second kappa shape index (κ2) is 15.4. The molecule has 6 aromatic rings. The summed E-state index contributed by atoms with van der Waals surface area (Å²) in [6.45, 7) is 0. The molecule has 1 saturated heterocycles. The zero-order valence-corrected chi connectivity index (χ0v) is 27.7. The van der Waals surface area contributed by atoms with Crippen LogP contribution in [0.4, 0.5) is 5.82 Å². The van der Waals surface area contributed by atoms with Crippen molar-refractivity contribution < 1.29 is 38.1 Å². The number of benzene rings is 4. The number of imidazole rings is 1. The van der Waals surface area contributed by atoms with E-state index < -0.39 is 54.5 Å². The Kier molecular flexibility index (Phi) is 9.95. The zero-order chi connectivity index (χ0) is 36.7. The van der Waals surface area contributed by atoms with Gasteiger partial charge in [-0.1, -0.05) is 78.7 Å². The molecule has 5 atom stereocenters. The standard InChI is InChI=1S/C40H29N5O8/c1-2-29(50-38(47)26-17-9-4-10-18-26)31-32(52-39(48)27-19-11-5-12-20-27)33(53-40(49)28-21-13-6-14-22-28)37(51-31)45-24-43-30-34(41-23-42-35(30)45)44-36(46)25-15-7-3-8-16-25/h1,3-24,29,31-33,37H,(H,41,42,44,46)/t29-,31+,32+,33+,37+/m0/s1. The van der Waals surface area contributed by atoms with E-state index in [-0.39, 0.29) is 33.7 Å². The van der Waals surface area contributed by atoms with E-state index in [1.807, 2.05) is 0 Å². The van der Waals surface area contributed by atoms with E-state index in [0.717, 1.165) is 0 Å². The first-order chi connectivity index (χ1) is 25.9. The first-order valence-corrected chi connectivity index (χ1v) is 16.3. The van der Waals surface area contributed by atoms with E-state index in [0.29, 0.717) is 5.56 Å². The highest BCUT2D eigenvalue weighted by molar-refractivity contribution is 6.06. The van der Waals surface area contributed by atoms with Crippen molar-refractivity contribution in [3.63, 3.8) is 0 Å². The Labute approximate surface area is 302 Å². The normalized spacial score (nSPS) is 18.3. The Morgan fingerprint density at radius 3 is 1.74 bits per heavy atom. The molecule has 1 aliphatic heterocycles. The lowest BCUT2D eigenvalue weighted by molar-refractivity contribution is -0.0767. The fourth-order valence-corrected chi connectivity index (χ4v) is 5.78. The van der Waals surface area contributed by atoms with Gasteiger partial charge in [0.2, 0.25) is 0 Å². The predicted octanol–water partition coefficient (Wildman–Crippen LogP) is 5.29. The van der Waals surface area contributed by atoms with Gasteiger partial charge < -0.3 is 24.3 Å². The van der Waals surface area contributed by atoms with Crippen LogP contribution in [0, 0.1) is 12.3 Å². The quantitative estimate of drug-likeness (QED) is 0.112. The second-order valence-corrected chi connectivity index (χ2v) is 11.7. The maximum Gasteiger partial charge on any atom is 0.339 e. The van der Waals surface area contributed by atoms with Crippen molar-refractivity contribution in [2.45, 2.75) is 30.6 Å². The molecule has 0 radical (unpaired) electrons. The second-order valence-electron chi connectivity index (χ2n) is 11.7. The minimum absolute atomic E-state index is 0.0975. The molecule has 3 heterocycles. The number of terminal acetylenes is 1. The highest BCUT2D eigenvalue weighted by Crippen LogP contribution is 2.39. The Bertz CT molecular complexity index is 2300. The number of hydrogen-bond donors (Lipinski definition) is 1. The predicted molar refractivity (Wildman–Crippen MR) is 189 cm³/mol. The molecule has 2 aromatic heterocycles. The first-order valence-electron chi connectivity index (χ1n) is 16.3. The average molecular weight is 708 g/mol. The number of fused-ring (bicyclic) bond motifs is 1. The van der Waals surface area contributed by atoms with Crippen molar-refractivity contribution in [2.24, 2.45) is 0 Å². The zero-order valence-electron chi connectivity index (χ0n) is 27.7. The topological polar surface area (TPSA) is 161 Å². The summed E-state index contributed by atoms with van der Waals surface area (Å²) in [5.41, 5.74) is 1.35. The van der Waals surface area contributed by atoms with E-state index in [1.165, 1.54) is 17.2 Å². The minimum Gasteiger partial charge on any atom is -0.452 e. The number of anilines is 1. The van der Waals surface area contributed by atoms with Crippen LogP contribution in [0.5, 0.6) is 0 Å². The molecule has 0 bridgehead atoms. The smallest absolute Gasteiger partial charge is 0.339 e. The summed E-state index contributed by atoms with van der Waals surface area (Å²) in [6.07, 6.45) is 1.59. The van der Waals surface area contributed by atoms with Gasteiger partial charge in [-0.3, -0.25) is 9.36 Å². The van der Waals surface area contributed by atoms with Gasteiger partial charge in [0.25, 0.3) is 5.91 Å². The van der Waals surface area contributed by atoms with E-state index in [2.05, 4.69) is 26.2 Å². The summed E-state index contributed by atoms with van der Waals surface area (Å²) >= 11 is 0. The number of esters is 3. The van der Waals surface area contributed by atoms with Crippen molar-refractivity contribution in [1.29, 1.82) is 0 Å². The van der Waals surface area contributed by atoms with Crippen LogP contribution in [-0.2, 0) is 18.9 Å². The summed E-state index contributed by atoms with van der Waals surface area (Å²) in [6, 6.07) is 33.0. The van der Waals surface area contributed by atoms with Crippen LogP contribution in [0.3, 0.4) is 0 Å². The number of nitrogens with zero attached hydrogens (tertiary/aromatic N) is 4. The molecule has 1 aliphatic rings. The number of carbonyl (C=O) groups is 4. The van der Waals surface area contributed by atoms with Gasteiger partial charge >= 0.3 is 17.9 Å². The van der Waals surface area contributed by atoms with Gasteiger partial charge in [0.1, 0.15) is 12.4 Å². The maximum atomic E-state index is 13.7. The minimum atomic E-state index is -1.44. The molecule has 262 valence electrons. The Morgan fingerprint density at radius 2 is 1.19 bits per heavy atom. The van der Waals surface area contributed by atoms with Gasteiger partial charge in [-0.25, -0.2) is 29.3 Å². The Balaban J connectivity index is 1.29. The third kappa shape index (κ3) is 7.34. The number of aromatic nitrogens is 4. The molecular weight excluding hydrogens is 678 g/mol. The molecule has 1 fully saturated rings. The summed E-state index contributed by atoms with van der Waals surface area (Å²) in [5, 5.41) is 2.75. The Morgan fingerprint density at radius 1 is 0.679 bits per heavy atom. The molecule has 53 heavy (non-hydrogen) atoms. The van der Waals surface area contributed by atoms with Crippen molar-refractivity contribution in [2.75, 3.05) is 5.32 Å². The number of hydrogen-bond acceptors (Lipinski definition) is 11. The van der Waals surface area contributed by atoms with Crippen LogP contribution in [0.25, 0.3) is 11.2 Å². The molecular formula is C40H29N5O8. The maximum absolute atomic E-state index is 13.7. The summed E-state index contributed by atoms with van der Waals surface area (Å²) in [5.74, 6) is -0.192. The molecule has 0 saturated carbocycles. The molecule has 1 amide bonds. The fourth-order valence-electron chi connectivity index (χ4n) is 5.78. The summed E-state index contributed by atoms with van der Waals surface area (Å²) < 4.78 is 25.8. The lowest BCUT2D eigenvalue weighted by atomic mass is 10.0. The van der Waals surface area contributed by atoms with Gasteiger partial charge in [-0.05, 0) is 48.5 Å². The third-order valence-electron chi connectivity index (χ3n) is 8.34. The fraction of sp³-hybridized carbons (Fsp3) is 0.125. The molecule has 0 aliphatic carbocycles. The van der Waals surface area contributed by atoms with Crippen molar-refractivity contribution in [3.8, 4) is 12.3 Å². The van der Waals surface area contributed by atoms with Crippen molar-refractivity contribution in [1.82, 2.24) is 19.5 Å². The molecule has 0 unspecified atom stereocenters. The van der Waals surface area contributed by atoms with Crippen LogP contribution >= 0.6 is 0 Å². The van der Waals surface area contributed by atoms with Crippen LogP contribution in [0.2, 0.25) is 0 Å². The van der Waals surface area contributed by atoms with Gasteiger partial charge in [-0.15, -0.1) is 6.42 Å². The van der Waals surface area contributed by atoms with Gasteiger partial charge in [0, 0.05) is 5.56 Å². The average Bonchev–Trinajstić information content (AvgIpc) is 3.79. The first kappa shape index (κ1) is 34.3. The van der Waals surface area contributed by atoms with Crippen LogP contribution in [0.1, 0.15) is 47.7 Å². The summed E-state index contributed by atoms with van der Waals surface area (Å²) in [7, 11) is 0. The van der Waals surface area contributed by atoms with Crippen molar-refractivity contribution >= 4 is 40.8 Å². The number of rotatable bonds is 10. The highest BCUT2D eigenvalue weighted by atomic mass is 16.7. The van der Waals surface area contributed by atoms with E-state index in [4.69, 9.17) is 25.4 Å². The van der Waals surface area contributed by atoms with Crippen LogP contribution in [-0.4, -0.2) is 67.7 Å². The van der Waals surface area contributed by atoms with E-state index in [9.17, 15) is 19.2 Å². The molecule has 4 aromatic carbocycles. The lowest BCUT2D eigenvalue weighted by Crippen LogP contribution is -2.44. The summed E-state index contributed by atoms with van der Waals surface area (Å²) in [4.78, 5) is 66.6. The number of ether oxygens (including phenoxy) is 4. The molecule has 13 heteroatoms. The van der Waals surface area contributed by atoms with Gasteiger partial charge in [-0.2, -0.15) is 0 Å². The molecule has 0 spiro atoms. The van der Waals surface area contributed by atoms with Crippen LogP contribution < -0.4 is 5.32 Å². The monoisotopic (exact) mass is 707 g/mol. The highest BCUT2D eigenvalue weighted by Gasteiger charge is 2.54. The number of carbonyl (C=O) groups excluding carboxylic acids is 4. The van der Waals surface area contributed by atoms with Crippen molar-refractivity contribution in [3.05, 3.63) is 156 Å². The van der Waals surface area contributed by atoms with E-state index >= 15 is 0 Å². The lowest BCUT2D eigenvalue weighted by Gasteiger charge is -2.26. The number of amides is 1. The third-order valence-corrected chi connectivity index (χ3v) is 8.34. The SMILES string of the molecule is C#C[C@H](OC(=O)c1ccccc1)[C@H]1O[C@@H](n2cnc3c(NC(=O)c4ccccc4)ncnc32)[C@H](OC(=O)c2ccccc2)[C@@H]1OC(=O)c1ccccc1. The van der Waals surface area contributed by atoms with Gasteiger partial charge in [0.15, 0.2) is 41.5 Å². The Hall–Kier alpha value is -7.17. The molecule has 1 N–H and O–H groups in total. The van der Waals surface area contributed by atoms with Gasteiger partial charge in [0.05, 0.1) is 23.0 Å². The molecule has 7 rings (SSSR count). The number of nitrogens with one attached hydrogen (secondary N) is 1. The van der Waals surface area contributed by atoms with E-state index in [1.54, 1.807) is 121 Å². The molecule has 13 nitrogen and oxygen atoms in total.